The first-order chi connectivity index (χ1) is 7.19. The molecule has 0 amide bonds. The molecule has 0 spiro atoms. The summed E-state index contributed by atoms with van der Waals surface area (Å²) in [4.78, 5) is 2.15. The van der Waals surface area contributed by atoms with Crippen molar-refractivity contribution in [1.82, 2.24) is 4.90 Å². The van der Waals surface area contributed by atoms with Gasteiger partial charge in [-0.25, -0.2) is 0 Å². The van der Waals surface area contributed by atoms with Crippen molar-refractivity contribution in [3.63, 3.8) is 0 Å². The van der Waals surface area contributed by atoms with Crippen molar-refractivity contribution in [2.24, 2.45) is 0 Å². The number of likely N-dealkylation sites (tertiary alicyclic amines) is 1. The summed E-state index contributed by atoms with van der Waals surface area (Å²) in [7, 11) is 1.63. The lowest BCUT2D eigenvalue weighted by atomic mass is 10.3. The minimum atomic E-state index is -0.384. The van der Waals surface area contributed by atoms with Gasteiger partial charge in [0.15, 0.2) is 4.67 Å². The van der Waals surface area contributed by atoms with Crippen molar-refractivity contribution in [3.05, 3.63) is 22.6 Å². The highest BCUT2D eigenvalue weighted by atomic mass is 79.9. The molecule has 1 saturated heterocycles. The van der Waals surface area contributed by atoms with Crippen molar-refractivity contribution < 1.29 is 14.3 Å². The molecular weight excluding hydrogens is 262 g/mol. The van der Waals surface area contributed by atoms with Crippen LogP contribution in [-0.4, -0.2) is 42.4 Å². The first-order valence-corrected chi connectivity index (χ1v) is 5.64. The molecule has 0 unspecified atom stereocenters. The second kappa shape index (κ2) is 4.65. The molecule has 0 aromatic carbocycles. The second-order valence-corrected chi connectivity index (χ2v) is 4.58. The summed E-state index contributed by atoms with van der Waals surface area (Å²) in [5.41, 5.74) is 1.10. The summed E-state index contributed by atoms with van der Waals surface area (Å²) in [5, 5.41) is 9.64. The Kier molecular flexibility index (Phi) is 3.45. The molecule has 0 radical (unpaired) electrons. The van der Waals surface area contributed by atoms with E-state index in [4.69, 9.17) is 9.15 Å². The number of hydrogen-bond donors (Lipinski definition) is 1. The maximum Gasteiger partial charge on any atom is 0.169 e. The Labute approximate surface area is 96.9 Å². The zero-order chi connectivity index (χ0) is 10.8. The summed E-state index contributed by atoms with van der Waals surface area (Å²) in [6.45, 7) is 2.20. The molecule has 0 saturated carbocycles. The number of methoxy groups -OCH3 is 1. The van der Waals surface area contributed by atoms with Gasteiger partial charge in [0.2, 0.25) is 0 Å². The Hall–Kier alpha value is -0.360. The number of aliphatic hydroxyl groups is 1. The van der Waals surface area contributed by atoms with Gasteiger partial charge in [-0.05, 0) is 22.0 Å². The van der Waals surface area contributed by atoms with Gasteiger partial charge in [-0.2, -0.15) is 0 Å². The van der Waals surface area contributed by atoms with Crippen LogP contribution in [0.4, 0.5) is 0 Å². The monoisotopic (exact) mass is 275 g/mol. The number of hydrogen-bond acceptors (Lipinski definition) is 4. The van der Waals surface area contributed by atoms with Gasteiger partial charge < -0.3 is 14.3 Å². The molecular formula is C10H14BrNO3. The van der Waals surface area contributed by atoms with Gasteiger partial charge in [-0.15, -0.1) is 0 Å². The van der Waals surface area contributed by atoms with Crippen molar-refractivity contribution in [2.75, 3.05) is 20.2 Å². The third kappa shape index (κ3) is 2.60. The standard InChI is InChI=1S/C10H14BrNO3/c1-14-9-5-12(4-8(9)13)3-7-2-10(11)15-6-7/h2,6,8-9,13H,3-5H2,1H3/t8-,9-/m1/s1. The molecule has 2 rings (SSSR count). The van der Waals surface area contributed by atoms with E-state index in [0.717, 1.165) is 23.3 Å². The van der Waals surface area contributed by atoms with Gasteiger partial charge in [-0.1, -0.05) is 0 Å². The van der Waals surface area contributed by atoms with Gasteiger partial charge in [0, 0.05) is 32.3 Å². The summed E-state index contributed by atoms with van der Waals surface area (Å²) in [6.07, 6.45) is 1.27. The average Bonchev–Trinajstić information content (AvgIpc) is 2.73. The summed E-state index contributed by atoms with van der Waals surface area (Å²) in [6, 6.07) is 1.94. The van der Waals surface area contributed by atoms with E-state index in [2.05, 4.69) is 20.8 Å². The van der Waals surface area contributed by atoms with Gasteiger partial charge >= 0.3 is 0 Å². The Balaban J connectivity index is 1.92. The fraction of sp³-hybridized carbons (Fsp3) is 0.600. The maximum atomic E-state index is 9.64. The zero-order valence-corrected chi connectivity index (χ0v) is 10.1. The molecule has 1 fully saturated rings. The highest BCUT2D eigenvalue weighted by molar-refractivity contribution is 9.10. The smallest absolute Gasteiger partial charge is 0.169 e. The lowest BCUT2D eigenvalue weighted by Crippen LogP contribution is -2.25. The highest BCUT2D eigenvalue weighted by Crippen LogP contribution is 2.19. The topological polar surface area (TPSA) is 45.8 Å². The van der Waals surface area contributed by atoms with Gasteiger partial charge in [-0.3, -0.25) is 4.90 Å². The molecule has 2 heterocycles. The quantitative estimate of drug-likeness (QED) is 0.902. The lowest BCUT2D eigenvalue weighted by Gasteiger charge is -2.13. The molecule has 1 aromatic rings. The number of rotatable bonds is 3. The number of aliphatic hydroxyl groups excluding tert-OH is 1. The molecule has 1 aromatic heterocycles. The Morgan fingerprint density at radius 3 is 3.00 bits per heavy atom. The molecule has 2 atom stereocenters. The Morgan fingerprint density at radius 1 is 1.67 bits per heavy atom. The van der Waals surface area contributed by atoms with Crippen LogP contribution in [0.3, 0.4) is 0 Å². The first-order valence-electron chi connectivity index (χ1n) is 4.85. The third-order valence-electron chi connectivity index (χ3n) is 2.64. The van der Waals surface area contributed by atoms with Gasteiger partial charge in [0.1, 0.15) is 0 Å². The molecule has 1 aliphatic rings. The predicted octanol–water partition coefficient (Wildman–Crippen LogP) is 1.23. The van der Waals surface area contributed by atoms with Crippen molar-refractivity contribution in [1.29, 1.82) is 0 Å². The summed E-state index contributed by atoms with van der Waals surface area (Å²) >= 11 is 3.26. The largest absolute Gasteiger partial charge is 0.457 e. The van der Waals surface area contributed by atoms with Crippen LogP contribution in [0.1, 0.15) is 5.56 Å². The van der Waals surface area contributed by atoms with Crippen LogP contribution >= 0.6 is 15.9 Å². The van der Waals surface area contributed by atoms with E-state index in [9.17, 15) is 5.11 Å². The van der Waals surface area contributed by atoms with E-state index in [0.29, 0.717) is 6.54 Å². The number of halogens is 1. The Bertz CT molecular complexity index is 328. The molecule has 84 valence electrons. The van der Waals surface area contributed by atoms with E-state index >= 15 is 0 Å². The predicted molar refractivity (Wildman–Crippen MR) is 58.5 cm³/mol. The summed E-state index contributed by atoms with van der Waals surface area (Å²) < 4.78 is 11.1. The van der Waals surface area contributed by atoms with E-state index in [-0.39, 0.29) is 12.2 Å². The molecule has 0 aliphatic carbocycles. The number of nitrogens with zero attached hydrogens (tertiary/aromatic N) is 1. The van der Waals surface area contributed by atoms with E-state index in [1.165, 1.54) is 0 Å². The third-order valence-corrected chi connectivity index (χ3v) is 3.06. The lowest BCUT2D eigenvalue weighted by molar-refractivity contribution is 0.0215. The van der Waals surface area contributed by atoms with Crippen LogP contribution in [-0.2, 0) is 11.3 Å². The van der Waals surface area contributed by atoms with Crippen LogP contribution in [0, 0.1) is 0 Å². The van der Waals surface area contributed by atoms with Gasteiger partial charge in [0.25, 0.3) is 0 Å². The highest BCUT2D eigenvalue weighted by Gasteiger charge is 2.31. The molecule has 5 heteroatoms. The second-order valence-electron chi connectivity index (χ2n) is 3.79. The summed E-state index contributed by atoms with van der Waals surface area (Å²) in [5.74, 6) is 0. The first kappa shape index (κ1) is 11.1. The van der Waals surface area contributed by atoms with Crippen molar-refractivity contribution in [3.8, 4) is 0 Å². The maximum absolute atomic E-state index is 9.64. The van der Waals surface area contributed by atoms with E-state index < -0.39 is 0 Å². The average molecular weight is 276 g/mol. The van der Waals surface area contributed by atoms with Crippen LogP contribution in [0.5, 0.6) is 0 Å². The Morgan fingerprint density at radius 2 is 2.47 bits per heavy atom. The van der Waals surface area contributed by atoms with Crippen LogP contribution < -0.4 is 0 Å². The van der Waals surface area contributed by atoms with Crippen molar-refractivity contribution in [2.45, 2.75) is 18.8 Å². The SMILES string of the molecule is CO[C@@H]1CN(Cc2coc(Br)c2)C[C@H]1O. The number of ether oxygens (including phenoxy) is 1. The minimum Gasteiger partial charge on any atom is -0.457 e. The van der Waals surface area contributed by atoms with Crippen molar-refractivity contribution >= 4 is 15.9 Å². The zero-order valence-electron chi connectivity index (χ0n) is 8.52. The molecule has 0 bridgehead atoms. The minimum absolute atomic E-state index is 0.0691. The molecule has 1 aliphatic heterocycles. The van der Waals surface area contributed by atoms with Crippen LogP contribution in [0.15, 0.2) is 21.4 Å². The number of β-amino-alcohol motifs (C(OH)–C–C–N with tert-alkyl or cyclic N) is 1. The number of furan rings is 1. The normalized spacial score (nSPS) is 27.4. The molecule has 15 heavy (non-hydrogen) atoms. The van der Waals surface area contributed by atoms with E-state index in [1.807, 2.05) is 6.07 Å². The van der Waals surface area contributed by atoms with Crippen LogP contribution in [0.2, 0.25) is 0 Å². The fourth-order valence-corrected chi connectivity index (χ4v) is 2.27. The molecule has 1 N–H and O–H groups in total. The molecule has 4 nitrogen and oxygen atoms in total. The van der Waals surface area contributed by atoms with Gasteiger partial charge in [0.05, 0.1) is 18.5 Å². The van der Waals surface area contributed by atoms with E-state index in [1.54, 1.807) is 13.4 Å². The fourth-order valence-electron chi connectivity index (χ4n) is 1.88. The van der Waals surface area contributed by atoms with Crippen LogP contribution in [0.25, 0.3) is 0 Å².